The number of hydrogen-bond donors (Lipinski definition) is 0. The summed E-state index contributed by atoms with van der Waals surface area (Å²) in [6, 6.07) is 0. The predicted molar refractivity (Wildman–Crippen MR) is 94.8 cm³/mol. The molecule has 0 N–H and O–H groups in total. The first-order valence-corrected chi connectivity index (χ1v) is 9.56. The number of hydrogen-bond acceptors (Lipinski definition) is 1. The van der Waals surface area contributed by atoms with Crippen molar-refractivity contribution in [2.24, 2.45) is 34.5 Å². The van der Waals surface area contributed by atoms with Crippen molar-refractivity contribution in [2.45, 2.75) is 92.9 Å². The average molecular weight is 307 g/mol. The highest BCUT2D eigenvalue weighted by Gasteiger charge is 2.35. The van der Waals surface area contributed by atoms with E-state index in [1.807, 2.05) is 0 Å². The molecule has 0 aromatic heterocycles. The van der Waals surface area contributed by atoms with Crippen LogP contribution < -0.4 is 0 Å². The monoisotopic (exact) mass is 306 g/mol. The number of carbonyl (C=O) groups is 1. The molecule has 1 nitrogen and oxygen atoms in total. The van der Waals surface area contributed by atoms with Crippen molar-refractivity contribution in [2.75, 3.05) is 0 Å². The Balaban J connectivity index is 1.85. The fourth-order valence-corrected chi connectivity index (χ4v) is 6.13. The van der Waals surface area contributed by atoms with Crippen LogP contribution in [0, 0.1) is 34.5 Å². The molecule has 0 aliphatic heterocycles. The van der Waals surface area contributed by atoms with Gasteiger partial charge in [-0.15, -0.1) is 0 Å². The Morgan fingerprint density at radius 3 is 1.45 bits per heavy atom. The zero-order valence-electron chi connectivity index (χ0n) is 15.9. The Labute approximate surface area is 138 Å². The molecular formula is C21H38O. The highest BCUT2D eigenvalue weighted by molar-refractivity contribution is 5.78. The summed E-state index contributed by atoms with van der Waals surface area (Å²) in [4.78, 5) is 12.6. The third kappa shape index (κ3) is 5.39. The third-order valence-electron chi connectivity index (χ3n) is 5.99. The van der Waals surface area contributed by atoms with Gasteiger partial charge in [-0.3, -0.25) is 4.79 Å². The maximum Gasteiger partial charge on any atom is 0.133 e. The molecule has 2 aliphatic carbocycles. The fourth-order valence-electron chi connectivity index (χ4n) is 6.13. The van der Waals surface area contributed by atoms with Gasteiger partial charge in [-0.05, 0) is 73.0 Å². The van der Waals surface area contributed by atoms with E-state index < -0.39 is 0 Å². The van der Waals surface area contributed by atoms with E-state index in [1.165, 1.54) is 38.5 Å². The van der Waals surface area contributed by atoms with E-state index in [-0.39, 0.29) is 0 Å². The van der Waals surface area contributed by atoms with Crippen molar-refractivity contribution < 1.29 is 4.79 Å². The molecule has 128 valence electrons. The number of Topliss-reactive ketones (excluding diaryl/α,β-unsaturated/α-hetero) is 1. The average Bonchev–Trinajstić information content (AvgIpc) is 2.21. The molecule has 0 bridgehead atoms. The summed E-state index contributed by atoms with van der Waals surface area (Å²) < 4.78 is 0. The Bertz CT molecular complexity index is 357. The highest BCUT2D eigenvalue weighted by atomic mass is 16.1. The summed E-state index contributed by atoms with van der Waals surface area (Å²) in [7, 11) is 0. The lowest BCUT2D eigenvalue weighted by Crippen LogP contribution is -2.31. The van der Waals surface area contributed by atoms with Crippen LogP contribution in [0.5, 0.6) is 0 Å². The van der Waals surface area contributed by atoms with E-state index in [0.29, 0.717) is 28.4 Å². The smallest absolute Gasteiger partial charge is 0.133 e. The van der Waals surface area contributed by atoms with Gasteiger partial charge in [0, 0.05) is 12.8 Å². The summed E-state index contributed by atoms with van der Waals surface area (Å²) in [6.45, 7) is 14.3. The second-order valence-electron chi connectivity index (χ2n) is 10.5. The van der Waals surface area contributed by atoms with Gasteiger partial charge < -0.3 is 0 Å². The number of rotatable bonds is 4. The van der Waals surface area contributed by atoms with Crippen LogP contribution >= 0.6 is 0 Å². The van der Waals surface area contributed by atoms with E-state index in [4.69, 9.17) is 0 Å². The van der Waals surface area contributed by atoms with Crippen LogP contribution in [0.25, 0.3) is 0 Å². The van der Waals surface area contributed by atoms with Crippen LogP contribution in [-0.2, 0) is 4.79 Å². The van der Waals surface area contributed by atoms with Gasteiger partial charge in [0.25, 0.3) is 0 Å². The van der Waals surface area contributed by atoms with Crippen LogP contribution in [0.15, 0.2) is 0 Å². The molecule has 0 amide bonds. The Morgan fingerprint density at radius 2 is 1.14 bits per heavy atom. The van der Waals surface area contributed by atoms with Crippen LogP contribution in [0.2, 0.25) is 0 Å². The topological polar surface area (TPSA) is 17.1 Å². The van der Waals surface area contributed by atoms with Gasteiger partial charge in [0.15, 0.2) is 0 Å². The van der Waals surface area contributed by atoms with Gasteiger partial charge in [-0.1, -0.05) is 41.5 Å². The zero-order valence-corrected chi connectivity index (χ0v) is 15.9. The van der Waals surface area contributed by atoms with Gasteiger partial charge in [-0.25, -0.2) is 0 Å². The maximum atomic E-state index is 12.6. The first-order chi connectivity index (χ1) is 10.0. The van der Waals surface area contributed by atoms with Gasteiger partial charge in [0.1, 0.15) is 5.78 Å². The van der Waals surface area contributed by atoms with Crippen LogP contribution in [0.4, 0.5) is 0 Å². The SMILES string of the molecule is CC1CC(CC(=O)CC2CC(C)CC(C)(C)C2)CC(C)(C)C1. The summed E-state index contributed by atoms with van der Waals surface area (Å²) in [6.07, 6.45) is 9.37. The third-order valence-corrected chi connectivity index (χ3v) is 5.99. The molecule has 2 rings (SSSR count). The standard InChI is InChI=1S/C21H38O/c1-15-7-17(13-20(3,4)11-15)9-19(22)10-18-8-16(2)12-21(5,6)14-18/h15-18H,7-14H2,1-6H3. The van der Waals surface area contributed by atoms with Crippen LogP contribution in [0.3, 0.4) is 0 Å². The molecular weight excluding hydrogens is 268 g/mol. The van der Waals surface area contributed by atoms with Crippen molar-refractivity contribution in [3.05, 3.63) is 0 Å². The maximum absolute atomic E-state index is 12.6. The zero-order chi connectivity index (χ0) is 16.5. The molecule has 0 spiro atoms. The largest absolute Gasteiger partial charge is 0.300 e. The minimum Gasteiger partial charge on any atom is -0.300 e. The lowest BCUT2D eigenvalue weighted by atomic mass is 9.65. The van der Waals surface area contributed by atoms with Gasteiger partial charge in [0.05, 0.1) is 0 Å². The van der Waals surface area contributed by atoms with Gasteiger partial charge >= 0.3 is 0 Å². The van der Waals surface area contributed by atoms with Gasteiger partial charge in [-0.2, -0.15) is 0 Å². The summed E-state index contributed by atoms with van der Waals surface area (Å²) in [5.41, 5.74) is 0.869. The van der Waals surface area contributed by atoms with Crippen molar-refractivity contribution in [1.82, 2.24) is 0 Å². The summed E-state index contributed by atoms with van der Waals surface area (Å²) in [5, 5.41) is 0. The predicted octanol–water partition coefficient (Wildman–Crippen LogP) is 6.26. The number of ketones is 1. The van der Waals surface area contributed by atoms with E-state index in [1.54, 1.807) is 0 Å². The molecule has 0 saturated heterocycles. The molecule has 0 aromatic carbocycles. The molecule has 2 aliphatic rings. The minimum absolute atomic E-state index is 0.434. The normalized spacial score (nSPS) is 37.7. The molecule has 22 heavy (non-hydrogen) atoms. The quantitative estimate of drug-likeness (QED) is 0.599. The molecule has 2 saturated carbocycles. The van der Waals surface area contributed by atoms with E-state index >= 15 is 0 Å². The Kier molecular flexibility index (Phi) is 5.45. The Hall–Kier alpha value is -0.330. The van der Waals surface area contributed by atoms with Gasteiger partial charge in [0.2, 0.25) is 0 Å². The highest BCUT2D eigenvalue weighted by Crippen LogP contribution is 2.45. The van der Waals surface area contributed by atoms with Crippen molar-refractivity contribution in [3.8, 4) is 0 Å². The molecule has 4 atom stereocenters. The second kappa shape index (κ2) is 6.65. The molecule has 4 unspecified atom stereocenters. The number of carbonyl (C=O) groups excluding carboxylic acids is 1. The first kappa shape index (κ1) is 18.0. The second-order valence-corrected chi connectivity index (χ2v) is 10.5. The van der Waals surface area contributed by atoms with Crippen LogP contribution in [-0.4, -0.2) is 5.78 Å². The summed E-state index contributed by atoms with van der Waals surface area (Å²) in [5.74, 6) is 3.40. The fraction of sp³-hybridized carbons (Fsp3) is 0.952. The lowest BCUT2D eigenvalue weighted by Gasteiger charge is -2.40. The Morgan fingerprint density at radius 1 is 0.773 bits per heavy atom. The van der Waals surface area contributed by atoms with Crippen molar-refractivity contribution >= 4 is 5.78 Å². The molecule has 0 radical (unpaired) electrons. The van der Waals surface area contributed by atoms with E-state index in [0.717, 1.165) is 24.7 Å². The first-order valence-electron chi connectivity index (χ1n) is 9.56. The molecule has 1 heteroatoms. The molecule has 0 aromatic rings. The molecule has 2 fully saturated rings. The van der Waals surface area contributed by atoms with E-state index in [9.17, 15) is 4.79 Å². The minimum atomic E-state index is 0.434. The van der Waals surface area contributed by atoms with Crippen molar-refractivity contribution in [3.63, 3.8) is 0 Å². The summed E-state index contributed by atoms with van der Waals surface area (Å²) >= 11 is 0. The van der Waals surface area contributed by atoms with E-state index in [2.05, 4.69) is 41.5 Å². The van der Waals surface area contributed by atoms with Crippen molar-refractivity contribution in [1.29, 1.82) is 0 Å². The van der Waals surface area contributed by atoms with Crippen LogP contribution in [0.1, 0.15) is 92.9 Å². The lowest BCUT2D eigenvalue weighted by molar-refractivity contribution is -0.122. The molecule has 0 heterocycles.